The van der Waals surface area contributed by atoms with Gasteiger partial charge in [0.25, 0.3) is 0 Å². The van der Waals surface area contributed by atoms with Crippen LogP contribution in [0.4, 0.5) is 0 Å². The Morgan fingerprint density at radius 1 is 0.862 bits per heavy atom. The van der Waals surface area contributed by atoms with E-state index in [1.54, 1.807) is 24.3 Å². The number of rotatable bonds is 6. The largest absolute Gasteiger partial charge is 0.497 e. The van der Waals surface area contributed by atoms with Crippen molar-refractivity contribution in [1.29, 1.82) is 0 Å². The minimum atomic E-state index is -3.63. The molecule has 1 aliphatic heterocycles. The average Bonchev–Trinajstić information content (AvgIpc) is 2.74. The van der Waals surface area contributed by atoms with E-state index in [2.05, 4.69) is 13.8 Å². The molecule has 158 valence electrons. The van der Waals surface area contributed by atoms with Crippen molar-refractivity contribution in [2.24, 2.45) is 0 Å². The van der Waals surface area contributed by atoms with E-state index in [0.29, 0.717) is 11.7 Å². The number of methoxy groups -OCH3 is 1. The molecular weight excluding hydrogens is 410 g/mol. The highest BCUT2D eigenvalue weighted by Gasteiger charge is 2.35. The Morgan fingerprint density at radius 3 is 1.86 bits per heavy atom. The molecule has 0 aromatic heterocycles. The van der Waals surface area contributed by atoms with Crippen LogP contribution in [0.25, 0.3) is 0 Å². The van der Waals surface area contributed by atoms with Crippen molar-refractivity contribution in [3.05, 3.63) is 54.1 Å². The Bertz CT molecular complexity index is 1040. The molecule has 0 spiro atoms. The van der Waals surface area contributed by atoms with E-state index in [9.17, 15) is 16.8 Å². The number of piperidine rings is 1. The Labute approximate surface area is 173 Å². The van der Waals surface area contributed by atoms with Gasteiger partial charge in [0.05, 0.1) is 22.2 Å². The summed E-state index contributed by atoms with van der Waals surface area (Å²) in [5, 5.41) is -0.592. The first-order valence-corrected chi connectivity index (χ1v) is 12.6. The molecule has 0 saturated carbocycles. The first-order chi connectivity index (χ1) is 13.7. The third-order valence-electron chi connectivity index (χ3n) is 5.41. The summed E-state index contributed by atoms with van der Waals surface area (Å²) in [6.45, 7) is 4.48. The zero-order valence-corrected chi connectivity index (χ0v) is 18.5. The molecule has 29 heavy (non-hydrogen) atoms. The van der Waals surface area contributed by atoms with Crippen LogP contribution in [0, 0.1) is 0 Å². The van der Waals surface area contributed by atoms with Crippen LogP contribution in [-0.2, 0) is 19.9 Å². The van der Waals surface area contributed by atoms with Crippen molar-refractivity contribution in [3.8, 4) is 5.75 Å². The molecule has 6 nitrogen and oxygen atoms in total. The minimum Gasteiger partial charge on any atom is -0.497 e. The summed E-state index contributed by atoms with van der Waals surface area (Å²) < 4.78 is 58.1. The van der Waals surface area contributed by atoms with E-state index in [1.807, 2.05) is 12.1 Å². The lowest BCUT2D eigenvalue weighted by atomic mass is 10.0. The Kier molecular flexibility index (Phi) is 6.36. The van der Waals surface area contributed by atoms with Crippen molar-refractivity contribution < 1.29 is 21.6 Å². The molecule has 1 heterocycles. The second-order valence-corrected chi connectivity index (χ2v) is 11.7. The average molecular weight is 438 g/mol. The molecule has 0 radical (unpaired) electrons. The fourth-order valence-electron chi connectivity index (χ4n) is 3.51. The molecule has 8 heteroatoms. The number of sulfone groups is 1. The van der Waals surface area contributed by atoms with Crippen LogP contribution in [0.1, 0.15) is 38.2 Å². The van der Waals surface area contributed by atoms with E-state index in [-0.39, 0.29) is 35.7 Å². The van der Waals surface area contributed by atoms with E-state index in [0.717, 1.165) is 5.56 Å². The molecule has 1 fully saturated rings. The molecule has 0 amide bonds. The monoisotopic (exact) mass is 437 g/mol. The zero-order chi connectivity index (χ0) is 21.2. The second-order valence-electron chi connectivity index (χ2n) is 7.55. The summed E-state index contributed by atoms with van der Waals surface area (Å²) in [6, 6.07) is 13.2. The summed E-state index contributed by atoms with van der Waals surface area (Å²) in [4.78, 5) is 0.488. The maximum absolute atomic E-state index is 12.9. The molecule has 2 aromatic carbocycles. The van der Waals surface area contributed by atoms with Crippen LogP contribution in [0.3, 0.4) is 0 Å². The van der Waals surface area contributed by atoms with Crippen LogP contribution in [0.2, 0.25) is 0 Å². The molecule has 0 unspecified atom stereocenters. The lowest BCUT2D eigenvalue weighted by molar-refractivity contribution is 0.345. The first-order valence-electron chi connectivity index (χ1n) is 9.64. The summed E-state index contributed by atoms with van der Waals surface area (Å²) >= 11 is 0. The molecule has 0 aliphatic carbocycles. The van der Waals surface area contributed by atoms with Crippen LogP contribution < -0.4 is 4.74 Å². The minimum absolute atomic E-state index is 0.189. The van der Waals surface area contributed by atoms with Gasteiger partial charge in [-0.05, 0) is 60.7 Å². The molecule has 0 N–H and O–H groups in total. The van der Waals surface area contributed by atoms with Crippen LogP contribution >= 0.6 is 0 Å². The van der Waals surface area contributed by atoms with Gasteiger partial charge in [0.15, 0.2) is 9.84 Å². The van der Waals surface area contributed by atoms with Crippen molar-refractivity contribution in [1.82, 2.24) is 4.31 Å². The second kappa shape index (κ2) is 8.45. The van der Waals surface area contributed by atoms with Crippen molar-refractivity contribution >= 4 is 19.9 Å². The van der Waals surface area contributed by atoms with Crippen LogP contribution in [0.5, 0.6) is 5.75 Å². The molecule has 0 atom stereocenters. The van der Waals surface area contributed by atoms with Crippen LogP contribution in [-0.4, -0.2) is 46.6 Å². The maximum Gasteiger partial charge on any atom is 0.243 e. The van der Waals surface area contributed by atoms with Crippen LogP contribution in [0.15, 0.2) is 58.3 Å². The van der Waals surface area contributed by atoms with Gasteiger partial charge in [-0.25, -0.2) is 16.8 Å². The van der Waals surface area contributed by atoms with Crippen molar-refractivity contribution in [2.75, 3.05) is 20.2 Å². The maximum atomic E-state index is 12.9. The van der Waals surface area contributed by atoms with Gasteiger partial charge in [0, 0.05) is 13.1 Å². The Hall–Kier alpha value is -1.90. The summed E-state index contributed by atoms with van der Waals surface area (Å²) in [6.07, 6.45) is 0.551. The SMILES string of the molecule is COc1ccc(S(=O)(=O)C2CCN(S(=O)(=O)c3ccc(C(C)C)cc3)CC2)cc1. The van der Waals surface area contributed by atoms with E-state index >= 15 is 0 Å². The number of nitrogens with zero attached hydrogens (tertiary/aromatic N) is 1. The van der Waals surface area contributed by atoms with E-state index < -0.39 is 25.1 Å². The third kappa shape index (κ3) is 4.49. The van der Waals surface area contributed by atoms with Gasteiger partial charge >= 0.3 is 0 Å². The number of hydrogen-bond acceptors (Lipinski definition) is 5. The summed E-state index contributed by atoms with van der Waals surface area (Å²) in [5.74, 6) is 0.916. The van der Waals surface area contributed by atoms with Gasteiger partial charge in [-0.1, -0.05) is 26.0 Å². The van der Waals surface area contributed by atoms with Crippen molar-refractivity contribution in [3.63, 3.8) is 0 Å². The standard InChI is InChI=1S/C21H27NO5S2/c1-16(2)17-4-8-21(9-5-17)29(25,26)22-14-12-20(13-15-22)28(23,24)19-10-6-18(27-3)7-11-19/h4-11,16,20H,12-15H2,1-3H3. The fraction of sp³-hybridized carbons (Fsp3) is 0.429. The first kappa shape index (κ1) is 21.8. The summed E-state index contributed by atoms with van der Waals surface area (Å²) in [5.41, 5.74) is 1.08. The molecule has 2 aromatic rings. The lowest BCUT2D eigenvalue weighted by Crippen LogP contribution is -2.42. The van der Waals surface area contributed by atoms with Gasteiger partial charge in [0.1, 0.15) is 5.75 Å². The topological polar surface area (TPSA) is 80.8 Å². The number of ether oxygens (including phenoxy) is 1. The molecular formula is C21H27NO5S2. The highest BCUT2D eigenvalue weighted by molar-refractivity contribution is 7.92. The van der Waals surface area contributed by atoms with E-state index in [1.165, 1.54) is 23.5 Å². The molecule has 1 saturated heterocycles. The Morgan fingerprint density at radius 2 is 1.38 bits per heavy atom. The predicted molar refractivity (Wildman–Crippen MR) is 112 cm³/mol. The normalized spacial score (nSPS) is 16.8. The highest BCUT2D eigenvalue weighted by Crippen LogP contribution is 2.29. The smallest absolute Gasteiger partial charge is 0.243 e. The third-order valence-corrected chi connectivity index (χ3v) is 9.60. The van der Waals surface area contributed by atoms with E-state index in [4.69, 9.17) is 4.74 Å². The molecule has 1 aliphatic rings. The van der Waals surface area contributed by atoms with Crippen molar-refractivity contribution in [2.45, 2.75) is 47.6 Å². The van der Waals surface area contributed by atoms with Gasteiger partial charge in [-0.3, -0.25) is 0 Å². The Balaban J connectivity index is 1.71. The van der Waals surface area contributed by atoms with Gasteiger partial charge < -0.3 is 4.74 Å². The summed E-state index contributed by atoms with van der Waals surface area (Å²) in [7, 11) is -5.61. The lowest BCUT2D eigenvalue weighted by Gasteiger charge is -2.31. The number of sulfonamides is 1. The fourth-order valence-corrected chi connectivity index (χ4v) is 6.72. The number of hydrogen-bond donors (Lipinski definition) is 0. The quantitative estimate of drug-likeness (QED) is 0.691. The number of benzene rings is 2. The molecule has 0 bridgehead atoms. The van der Waals surface area contributed by atoms with Gasteiger partial charge in [0.2, 0.25) is 10.0 Å². The van der Waals surface area contributed by atoms with Gasteiger partial charge in [-0.15, -0.1) is 0 Å². The highest BCUT2D eigenvalue weighted by atomic mass is 32.2. The molecule has 3 rings (SSSR count). The van der Waals surface area contributed by atoms with Gasteiger partial charge in [-0.2, -0.15) is 4.31 Å². The predicted octanol–water partition coefficient (Wildman–Crippen LogP) is 3.45. The zero-order valence-electron chi connectivity index (χ0n) is 16.9.